The zero-order chi connectivity index (χ0) is 19.5. The standard InChI is InChI=1S/C14H16Cl2N4O3S3/c1-4-24-14-19-18-13(25-14)17-12(21)8(2)20(26(3,22)23)9-5-6-10(15)11(16)7-9/h5-8H,4H2,1-3H3,(H,17,18,21). The van der Waals surface area contributed by atoms with Gasteiger partial charge in [-0.1, -0.05) is 53.2 Å². The second-order valence-corrected chi connectivity index (χ2v) is 10.3. The molecule has 1 atom stereocenters. The summed E-state index contributed by atoms with van der Waals surface area (Å²) >= 11 is 14.6. The molecule has 2 aromatic rings. The third-order valence-electron chi connectivity index (χ3n) is 3.15. The summed E-state index contributed by atoms with van der Waals surface area (Å²) in [4.78, 5) is 12.5. The lowest BCUT2D eigenvalue weighted by Crippen LogP contribution is -2.45. The van der Waals surface area contributed by atoms with Crippen molar-refractivity contribution in [1.82, 2.24) is 10.2 Å². The van der Waals surface area contributed by atoms with Gasteiger partial charge in [0.05, 0.1) is 22.0 Å². The van der Waals surface area contributed by atoms with Crippen molar-refractivity contribution >= 4 is 73.0 Å². The zero-order valence-corrected chi connectivity index (χ0v) is 18.0. The summed E-state index contributed by atoms with van der Waals surface area (Å²) in [7, 11) is -3.75. The quantitative estimate of drug-likeness (QED) is 0.505. The monoisotopic (exact) mass is 454 g/mol. The SMILES string of the molecule is CCSc1nnc(NC(=O)C(C)N(c2ccc(Cl)c(Cl)c2)S(C)(=O)=O)s1. The lowest BCUT2D eigenvalue weighted by molar-refractivity contribution is -0.116. The van der Waals surface area contributed by atoms with Gasteiger partial charge in [-0.15, -0.1) is 10.2 Å². The molecule has 142 valence electrons. The maximum atomic E-state index is 12.5. The van der Waals surface area contributed by atoms with Crippen LogP contribution >= 0.6 is 46.3 Å². The van der Waals surface area contributed by atoms with Gasteiger partial charge in [0.2, 0.25) is 21.1 Å². The molecule has 7 nitrogen and oxygen atoms in total. The number of carbonyl (C=O) groups is 1. The van der Waals surface area contributed by atoms with Crippen LogP contribution in [0.2, 0.25) is 10.0 Å². The Balaban J connectivity index is 2.26. The van der Waals surface area contributed by atoms with E-state index in [0.29, 0.717) is 5.13 Å². The van der Waals surface area contributed by atoms with Gasteiger partial charge < -0.3 is 0 Å². The molecule has 0 aliphatic heterocycles. The minimum Gasteiger partial charge on any atom is -0.299 e. The number of halogens is 2. The van der Waals surface area contributed by atoms with E-state index in [1.807, 2.05) is 6.92 Å². The fraction of sp³-hybridized carbons (Fsp3) is 0.357. The average Bonchev–Trinajstić information content (AvgIpc) is 2.97. The van der Waals surface area contributed by atoms with Crippen LogP contribution in [0.15, 0.2) is 22.5 Å². The Morgan fingerprint density at radius 2 is 2.04 bits per heavy atom. The van der Waals surface area contributed by atoms with Gasteiger partial charge in [0.1, 0.15) is 6.04 Å². The summed E-state index contributed by atoms with van der Waals surface area (Å²) in [5.41, 5.74) is 0.240. The smallest absolute Gasteiger partial charge is 0.249 e. The minimum absolute atomic E-state index is 0.191. The van der Waals surface area contributed by atoms with Crippen LogP contribution in [0.3, 0.4) is 0 Å². The number of nitrogens with zero attached hydrogens (tertiary/aromatic N) is 3. The first kappa shape index (κ1) is 21.2. The van der Waals surface area contributed by atoms with Gasteiger partial charge in [-0.2, -0.15) is 0 Å². The lowest BCUT2D eigenvalue weighted by Gasteiger charge is -2.28. The second kappa shape index (κ2) is 8.75. The van der Waals surface area contributed by atoms with Crippen LogP contribution in [0.4, 0.5) is 10.8 Å². The van der Waals surface area contributed by atoms with Gasteiger partial charge in [0, 0.05) is 0 Å². The maximum Gasteiger partial charge on any atom is 0.249 e. The lowest BCUT2D eigenvalue weighted by atomic mass is 10.2. The highest BCUT2D eigenvalue weighted by molar-refractivity contribution is 8.01. The molecule has 2 rings (SSSR count). The molecular formula is C14H16Cl2N4O3S3. The van der Waals surface area contributed by atoms with E-state index in [1.54, 1.807) is 0 Å². The van der Waals surface area contributed by atoms with E-state index in [2.05, 4.69) is 15.5 Å². The Labute approximate surface area is 170 Å². The van der Waals surface area contributed by atoms with Crippen molar-refractivity contribution < 1.29 is 13.2 Å². The van der Waals surface area contributed by atoms with Gasteiger partial charge in [0.15, 0.2) is 4.34 Å². The fourth-order valence-electron chi connectivity index (χ4n) is 2.08. The summed E-state index contributed by atoms with van der Waals surface area (Å²) in [5, 5.41) is 11.2. The van der Waals surface area contributed by atoms with E-state index >= 15 is 0 Å². The third kappa shape index (κ3) is 5.23. The largest absolute Gasteiger partial charge is 0.299 e. The number of anilines is 2. The normalized spacial score (nSPS) is 12.7. The Kier molecular flexibility index (Phi) is 7.14. The number of aromatic nitrogens is 2. The topological polar surface area (TPSA) is 92.3 Å². The molecule has 0 saturated heterocycles. The molecule has 12 heteroatoms. The predicted octanol–water partition coefficient (Wildman–Crippen LogP) is 3.75. The van der Waals surface area contributed by atoms with Crippen LogP contribution in [-0.4, -0.2) is 42.6 Å². The van der Waals surface area contributed by atoms with Gasteiger partial charge in [0.25, 0.3) is 0 Å². The van der Waals surface area contributed by atoms with Crippen molar-refractivity contribution in [1.29, 1.82) is 0 Å². The van der Waals surface area contributed by atoms with Crippen LogP contribution in [0.5, 0.6) is 0 Å². The molecule has 0 radical (unpaired) electrons. The van der Waals surface area contributed by atoms with Crippen molar-refractivity contribution in [2.24, 2.45) is 0 Å². The van der Waals surface area contributed by atoms with E-state index in [0.717, 1.165) is 20.7 Å². The highest BCUT2D eigenvalue weighted by atomic mass is 35.5. The van der Waals surface area contributed by atoms with Gasteiger partial charge in [-0.3, -0.25) is 14.4 Å². The summed E-state index contributed by atoms with van der Waals surface area (Å²) < 4.78 is 26.2. The molecule has 1 N–H and O–H groups in total. The number of nitrogens with one attached hydrogen (secondary N) is 1. The number of hydrogen-bond donors (Lipinski definition) is 1. The molecule has 0 bridgehead atoms. The zero-order valence-electron chi connectivity index (χ0n) is 14.1. The summed E-state index contributed by atoms with van der Waals surface area (Å²) in [6, 6.07) is 3.32. The molecule has 0 aliphatic carbocycles. The van der Waals surface area contributed by atoms with Crippen molar-refractivity contribution in [3.05, 3.63) is 28.2 Å². The number of thioether (sulfide) groups is 1. The van der Waals surface area contributed by atoms with Crippen molar-refractivity contribution in [3.8, 4) is 0 Å². The highest BCUT2D eigenvalue weighted by Gasteiger charge is 2.30. The molecular weight excluding hydrogens is 439 g/mol. The summed E-state index contributed by atoms with van der Waals surface area (Å²) in [6.45, 7) is 3.45. The number of benzene rings is 1. The highest BCUT2D eigenvalue weighted by Crippen LogP contribution is 2.30. The Bertz CT molecular complexity index is 905. The van der Waals surface area contributed by atoms with Crippen LogP contribution in [-0.2, 0) is 14.8 Å². The number of carbonyl (C=O) groups excluding carboxylic acids is 1. The molecule has 1 heterocycles. The fourth-order valence-corrected chi connectivity index (χ4v) is 5.19. The van der Waals surface area contributed by atoms with Crippen LogP contribution < -0.4 is 9.62 Å². The summed E-state index contributed by atoms with van der Waals surface area (Å²) in [5.74, 6) is 0.295. The first-order valence-electron chi connectivity index (χ1n) is 7.35. The molecule has 1 aromatic heterocycles. The minimum atomic E-state index is -3.75. The molecule has 26 heavy (non-hydrogen) atoms. The number of sulfonamides is 1. The molecule has 1 unspecified atom stereocenters. The van der Waals surface area contributed by atoms with E-state index in [-0.39, 0.29) is 15.7 Å². The molecule has 1 aromatic carbocycles. The van der Waals surface area contributed by atoms with Crippen LogP contribution in [0, 0.1) is 0 Å². The first-order chi connectivity index (χ1) is 12.1. The van der Waals surface area contributed by atoms with E-state index < -0.39 is 22.0 Å². The number of hydrogen-bond acceptors (Lipinski definition) is 7. The second-order valence-electron chi connectivity index (χ2n) is 5.13. The molecule has 0 saturated carbocycles. The number of amides is 1. The van der Waals surface area contributed by atoms with Gasteiger partial charge in [-0.25, -0.2) is 8.42 Å². The van der Waals surface area contributed by atoms with E-state index in [1.165, 1.54) is 48.2 Å². The Morgan fingerprint density at radius 3 is 2.62 bits per heavy atom. The van der Waals surface area contributed by atoms with Crippen LogP contribution in [0.25, 0.3) is 0 Å². The molecule has 0 spiro atoms. The Morgan fingerprint density at radius 1 is 1.35 bits per heavy atom. The van der Waals surface area contributed by atoms with Crippen LogP contribution in [0.1, 0.15) is 13.8 Å². The van der Waals surface area contributed by atoms with Crippen molar-refractivity contribution in [2.45, 2.75) is 24.2 Å². The first-order valence-corrected chi connectivity index (χ1v) is 11.8. The Hall–Kier alpha value is -1.07. The van der Waals surface area contributed by atoms with Gasteiger partial charge in [-0.05, 0) is 30.9 Å². The molecule has 0 fully saturated rings. The third-order valence-corrected chi connectivity index (χ3v) is 6.99. The van der Waals surface area contributed by atoms with E-state index in [4.69, 9.17) is 23.2 Å². The van der Waals surface area contributed by atoms with Crippen molar-refractivity contribution in [3.63, 3.8) is 0 Å². The number of rotatable bonds is 7. The van der Waals surface area contributed by atoms with Gasteiger partial charge >= 0.3 is 0 Å². The molecule has 0 aliphatic rings. The predicted molar refractivity (Wildman–Crippen MR) is 108 cm³/mol. The average molecular weight is 455 g/mol. The maximum absolute atomic E-state index is 12.5. The van der Waals surface area contributed by atoms with Crippen molar-refractivity contribution in [2.75, 3.05) is 21.6 Å². The summed E-state index contributed by atoms with van der Waals surface area (Å²) in [6.07, 6.45) is 1.01. The molecule has 1 amide bonds. The van der Waals surface area contributed by atoms with E-state index in [9.17, 15) is 13.2 Å².